The fourth-order valence-electron chi connectivity index (χ4n) is 3.18. The second-order valence-corrected chi connectivity index (χ2v) is 7.83. The normalized spacial score (nSPS) is 14.5. The van der Waals surface area contributed by atoms with Crippen LogP contribution in [0.25, 0.3) is 0 Å². The standard InChI is InChI=1S/C20H26N4O3S/c1-15-22-18(23-27-15)14-28-17-9-5-4-8-16(17)20(26)21-11-10-19(25)24-12-6-2-3-7-13-24/h4-5,8-9H,2-3,6-7,10-14H2,1H3,(H,21,26). The van der Waals surface area contributed by atoms with Crippen molar-refractivity contribution in [2.45, 2.75) is 49.7 Å². The molecule has 28 heavy (non-hydrogen) atoms. The van der Waals surface area contributed by atoms with Gasteiger partial charge in [-0.25, -0.2) is 0 Å². The molecule has 1 fully saturated rings. The Hall–Kier alpha value is -2.35. The number of carbonyl (C=O) groups excluding carboxylic acids is 2. The fourth-order valence-corrected chi connectivity index (χ4v) is 4.07. The van der Waals surface area contributed by atoms with Crippen LogP contribution >= 0.6 is 11.8 Å². The molecule has 0 unspecified atom stereocenters. The van der Waals surface area contributed by atoms with Crippen molar-refractivity contribution in [3.8, 4) is 0 Å². The van der Waals surface area contributed by atoms with Gasteiger partial charge in [0.05, 0.1) is 11.3 Å². The molecule has 1 aliphatic heterocycles. The zero-order valence-electron chi connectivity index (χ0n) is 16.1. The van der Waals surface area contributed by atoms with Crippen LogP contribution in [0.4, 0.5) is 0 Å². The minimum absolute atomic E-state index is 0.123. The molecular weight excluding hydrogens is 376 g/mol. The van der Waals surface area contributed by atoms with Crippen molar-refractivity contribution in [2.24, 2.45) is 0 Å². The van der Waals surface area contributed by atoms with Crippen LogP contribution in [0.1, 0.15) is 54.2 Å². The summed E-state index contributed by atoms with van der Waals surface area (Å²) in [6, 6.07) is 7.41. The van der Waals surface area contributed by atoms with Gasteiger partial charge in [-0.1, -0.05) is 30.1 Å². The summed E-state index contributed by atoms with van der Waals surface area (Å²) in [6.45, 7) is 3.76. The summed E-state index contributed by atoms with van der Waals surface area (Å²) in [5, 5.41) is 6.75. The Balaban J connectivity index is 1.50. The van der Waals surface area contributed by atoms with Crippen molar-refractivity contribution < 1.29 is 14.1 Å². The lowest BCUT2D eigenvalue weighted by atomic mass is 10.2. The van der Waals surface area contributed by atoms with Crippen LogP contribution in [-0.4, -0.2) is 46.5 Å². The third-order valence-corrected chi connectivity index (χ3v) is 5.71. The smallest absolute Gasteiger partial charge is 0.252 e. The molecule has 1 aliphatic rings. The van der Waals surface area contributed by atoms with Crippen molar-refractivity contribution in [2.75, 3.05) is 19.6 Å². The molecule has 3 rings (SSSR count). The number of hydrogen-bond acceptors (Lipinski definition) is 6. The van der Waals surface area contributed by atoms with Gasteiger partial charge in [-0.05, 0) is 25.0 Å². The molecule has 1 saturated heterocycles. The quantitative estimate of drug-likeness (QED) is 0.716. The van der Waals surface area contributed by atoms with Crippen LogP contribution < -0.4 is 5.32 Å². The van der Waals surface area contributed by atoms with Gasteiger partial charge in [-0.2, -0.15) is 4.98 Å². The first kappa shape index (κ1) is 20.4. The third-order valence-electron chi connectivity index (χ3n) is 4.64. The van der Waals surface area contributed by atoms with Gasteiger partial charge in [0, 0.05) is 37.9 Å². The first-order chi connectivity index (χ1) is 13.6. The first-order valence-corrected chi connectivity index (χ1v) is 10.7. The zero-order chi connectivity index (χ0) is 19.8. The van der Waals surface area contributed by atoms with Crippen LogP contribution in [0.15, 0.2) is 33.7 Å². The second kappa shape index (κ2) is 10.3. The number of rotatable bonds is 7. The van der Waals surface area contributed by atoms with E-state index in [9.17, 15) is 9.59 Å². The summed E-state index contributed by atoms with van der Waals surface area (Å²) in [6.07, 6.45) is 4.87. The van der Waals surface area contributed by atoms with Crippen molar-refractivity contribution in [1.29, 1.82) is 0 Å². The Morgan fingerprint density at radius 1 is 1.18 bits per heavy atom. The Kier molecular flexibility index (Phi) is 7.47. The number of likely N-dealkylation sites (tertiary alicyclic amines) is 1. The molecule has 0 aliphatic carbocycles. The molecule has 2 aromatic rings. The molecule has 8 heteroatoms. The monoisotopic (exact) mass is 402 g/mol. The van der Waals surface area contributed by atoms with E-state index in [-0.39, 0.29) is 11.8 Å². The Bertz CT molecular complexity index is 800. The van der Waals surface area contributed by atoms with Crippen molar-refractivity contribution in [3.63, 3.8) is 0 Å². The van der Waals surface area contributed by atoms with Gasteiger partial charge >= 0.3 is 0 Å². The highest BCUT2D eigenvalue weighted by atomic mass is 32.2. The van der Waals surface area contributed by atoms with Gasteiger partial charge < -0.3 is 14.7 Å². The number of nitrogens with zero attached hydrogens (tertiary/aromatic N) is 3. The highest BCUT2D eigenvalue weighted by Crippen LogP contribution is 2.25. The van der Waals surface area contributed by atoms with Gasteiger partial charge in [0.25, 0.3) is 5.91 Å². The van der Waals surface area contributed by atoms with Crippen LogP contribution in [0.2, 0.25) is 0 Å². The largest absolute Gasteiger partial charge is 0.351 e. The number of aromatic nitrogens is 2. The van der Waals surface area contributed by atoms with E-state index in [4.69, 9.17) is 4.52 Å². The van der Waals surface area contributed by atoms with E-state index in [2.05, 4.69) is 15.5 Å². The Morgan fingerprint density at radius 3 is 2.64 bits per heavy atom. The Labute approximate surface area is 169 Å². The zero-order valence-corrected chi connectivity index (χ0v) is 17.0. The molecule has 150 valence electrons. The summed E-state index contributed by atoms with van der Waals surface area (Å²) in [7, 11) is 0. The SMILES string of the molecule is Cc1nc(CSc2ccccc2C(=O)NCCC(=O)N2CCCCCC2)no1. The highest BCUT2D eigenvalue weighted by Gasteiger charge is 2.16. The second-order valence-electron chi connectivity index (χ2n) is 6.82. The molecule has 0 radical (unpaired) electrons. The maximum Gasteiger partial charge on any atom is 0.252 e. The summed E-state index contributed by atoms with van der Waals surface area (Å²) in [5.74, 6) is 1.60. The molecule has 1 N–H and O–H groups in total. The molecule has 0 saturated carbocycles. The molecular formula is C20H26N4O3S. The molecule has 0 spiro atoms. The highest BCUT2D eigenvalue weighted by molar-refractivity contribution is 7.98. The van der Waals surface area contributed by atoms with Gasteiger partial charge in [0.2, 0.25) is 11.8 Å². The van der Waals surface area contributed by atoms with Gasteiger partial charge in [-0.15, -0.1) is 11.8 Å². The van der Waals surface area contributed by atoms with E-state index in [1.165, 1.54) is 24.6 Å². The number of aryl methyl sites for hydroxylation is 1. The molecule has 2 heterocycles. The van der Waals surface area contributed by atoms with E-state index in [1.807, 2.05) is 23.1 Å². The van der Waals surface area contributed by atoms with E-state index in [0.717, 1.165) is 30.8 Å². The molecule has 0 atom stereocenters. The summed E-state index contributed by atoms with van der Waals surface area (Å²) in [4.78, 5) is 31.9. The third kappa shape index (κ3) is 5.82. The summed E-state index contributed by atoms with van der Waals surface area (Å²) >= 11 is 1.49. The number of thioether (sulfide) groups is 1. The van der Waals surface area contributed by atoms with Crippen LogP contribution in [0.3, 0.4) is 0 Å². The van der Waals surface area contributed by atoms with Crippen molar-refractivity contribution >= 4 is 23.6 Å². The minimum Gasteiger partial charge on any atom is -0.351 e. The van der Waals surface area contributed by atoms with Crippen molar-refractivity contribution in [3.05, 3.63) is 41.5 Å². The van der Waals surface area contributed by atoms with Crippen LogP contribution in [0.5, 0.6) is 0 Å². The summed E-state index contributed by atoms with van der Waals surface area (Å²) < 4.78 is 4.97. The lowest BCUT2D eigenvalue weighted by Gasteiger charge is -2.20. The molecule has 2 amide bonds. The molecule has 1 aromatic carbocycles. The lowest BCUT2D eigenvalue weighted by Crippen LogP contribution is -2.35. The average Bonchev–Trinajstić information content (AvgIpc) is 2.94. The van der Waals surface area contributed by atoms with E-state index in [1.54, 1.807) is 13.0 Å². The number of benzene rings is 1. The first-order valence-electron chi connectivity index (χ1n) is 9.70. The molecule has 1 aromatic heterocycles. The van der Waals surface area contributed by atoms with E-state index in [0.29, 0.717) is 36.0 Å². The number of nitrogens with one attached hydrogen (secondary N) is 1. The van der Waals surface area contributed by atoms with Crippen LogP contribution in [0, 0.1) is 6.92 Å². The van der Waals surface area contributed by atoms with E-state index < -0.39 is 0 Å². The maximum absolute atomic E-state index is 12.6. The minimum atomic E-state index is -0.170. The van der Waals surface area contributed by atoms with Gasteiger partial charge in [-0.3, -0.25) is 9.59 Å². The van der Waals surface area contributed by atoms with Gasteiger partial charge in [0.1, 0.15) is 0 Å². The number of hydrogen-bond donors (Lipinski definition) is 1. The molecule has 0 bridgehead atoms. The summed E-state index contributed by atoms with van der Waals surface area (Å²) in [5.41, 5.74) is 0.593. The van der Waals surface area contributed by atoms with E-state index >= 15 is 0 Å². The van der Waals surface area contributed by atoms with Crippen molar-refractivity contribution in [1.82, 2.24) is 20.4 Å². The number of carbonyl (C=O) groups is 2. The lowest BCUT2D eigenvalue weighted by molar-refractivity contribution is -0.131. The topological polar surface area (TPSA) is 88.3 Å². The van der Waals surface area contributed by atoms with Crippen LogP contribution in [-0.2, 0) is 10.5 Å². The Morgan fingerprint density at radius 2 is 1.93 bits per heavy atom. The predicted octanol–water partition coefficient (Wildman–Crippen LogP) is 3.19. The van der Waals surface area contributed by atoms with Gasteiger partial charge in [0.15, 0.2) is 5.82 Å². The molecule has 7 nitrogen and oxygen atoms in total. The fraction of sp³-hybridized carbons (Fsp3) is 0.500. The predicted molar refractivity (Wildman–Crippen MR) is 107 cm³/mol. The maximum atomic E-state index is 12.6. The number of amides is 2. The average molecular weight is 403 g/mol.